The van der Waals surface area contributed by atoms with Gasteiger partial charge >= 0.3 is 6.03 Å². The number of imide groups is 1. The lowest BCUT2D eigenvalue weighted by molar-refractivity contribution is -0.150. The Kier molecular flexibility index (Phi) is 3.17. The van der Waals surface area contributed by atoms with E-state index in [-0.39, 0.29) is 0 Å². The van der Waals surface area contributed by atoms with Gasteiger partial charge in [-0.05, 0) is 0 Å². The minimum absolute atomic E-state index is 0.595. The highest BCUT2D eigenvalue weighted by molar-refractivity contribution is 6.15. The van der Waals surface area contributed by atoms with E-state index >= 15 is 0 Å². The molecule has 0 bridgehead atoms. The summed E-state index contributed by atoms with van der Waals surface area (Å²) in [4.78, 5) is 25.6. The molecule has 18 heavy (non-hydrogen) atoms. The predicted molar refractivity (Wildman–Crippen MR) is 54.7 cm³/mol. The van der Waals surface area contributed by atoms with Crippen molar-refractivity contribution in [1.82, 2.24) is 5.32 Å². The van der Waals surface area contributed by atoms with E-state index in [1.807, 2.05) is 0 Å². The molecule has 0 aromatic carbocycles. The lowest BCUT2D eigenvalue weighted by Crippen LogP contribution is -2.62. The minimum Gasteiger partial charge on any atom is -0.394 e. The van der Waals surface area contributed by atoms with E-state index in [0.717, 1.165) is 0 Å². The van der Waals surface area contributed by atoms with Crippen molar-refractivity contribution in [2.75, 3.05) is 6.61 Å². The Bertz CT molecular complexity index is 412. The van der Waals surface area contributed by atoms with Crippen molar-refractivity contribution in [2.45, 2.75) is 30.0 Å². The van der Waals surface area contributed by atoms with Gasteiger partial charge in [0, 0.05) is 0 Å². The van der Waals surface area contributed by atoms with Crippen molar-refractivity contribution in [1.29, 1.82) is 0 Å². The summed E-state index contributed by atoms with van der Waals surface area (Å²) >= 11 is 0. The molecule has 0 radical (unpaired) electrons. The summed E-state index contributed by atoms with van der Waals surface area (Å²) in [6, 6.07) is -0.948. The Hall–Kier alpha value is -1.39. The minimum atomic E-state index is -2.38. The van der Waals surface area contributed by atoms with Gasteiger partial charge in [0.25, 0.3) is 5.91 Å². The monoisotopic (exact) mass is 260 g/mol. The van der Waals surface area contributed by atoms with E-state index < -0.39 is 48.6 Å². The van der Waals surface area contributed by atoms with Gasteiger partial charge in [-0.3, -0.25) is 10.1 Å². The number of aliphatic hydroxyl groups excluding tert-OH is 3. The van der Waals surface area contributed by atoms with Crippen molar-refractivity contribution in [3.8, 4) is 0 Å². The molecule has 0 aromatic rings. The van der Waals surface area contributed by atoms with Gasteiger partial charge in [-0.15, -0.1) is 0 Å². The molecule has 1 fully saturated rings. The number of nitrogens with one attached hydrogen (secondary N) is 1. The van der Waals surface area contributed by atoms with Gasteiger partial charge in [0.15, 0.2) is 0 Å². The maximum atomic E-state index is 11.6. The molecule has 2 aliphatic heterocycles. The largest absolute Gasteiger partial charge is 0.394 e. The Morgan fingerprint density at radius 3 is 2.56 bits per heavy atom. The maximum Gasteiger partial charge on any atom is 0.347 e. The number of ether oxygens (including phenoxy) is 1. The molecule has 5 atom stereocenters. The van der Waals surface area contributed by atoms with E-state index in [0.29, 0.717) is 6.21 Å². The van der Waals surface area contributed by atoms with E-state index in [1.54, 1.807) is 5.32 Å². The fourth-order valence-corrected chi connectivity index (χ4v) is 1.91. The third-order valence-corrected chi connectivity index (χ3v) is 2.94. The second-order valence-electron chi connectivity index (χ2n) is 4.10. The molecule has 3 amide bonds. The first kappa shape index (κ1) is 13.1. The third-order valence-electron chi connectivity index (χ3n) is 2.94. The fraction of sp³-hybridized carbons (Fsp3) is 0.667. The van der Waals surface area contributed by atoms with Crippen LogP contribution >= 0.6 is 0 Å². The van der Waals surface area contributed by atoms with Crippen molar-refractivity contribution in [2.24, 2.45) is 4.99 Å². The Labute approximate surface area is 101 Å². The van der Waals surface area contributed by atoms with Crippen LogP contribution in [0, 0.1) is 0 Å². The summed E-state index contributed by atoms with van der Waals surface area (Å²) in [6.45, 7) is -0.595. The number of carbonyl (C=O) groups excluding carboxylic acids is 2. The molecule has 5 N–H and O–H groups in total. The molecule has 2 aliphatic rings. The highest BCUT2D eigenvalue weighted by Crippen LogP contribution is 2.29. The standard InChI is InChI=1S/C9H12N2O7/c12-1-3-4(13)5(14)6(18-3)9(17)2-10-8(16)11-7(9)15/h2-6,12-14,17H,1H2,(H,11,15,16)/t3-,4-,5-,6-,9?/m1/s1. The van der Waals surface area contributed by atoms with Crippen LogP contribution in [0.5, 0.6) is 0 Å². The van der Waals surface area contributed by atoms with Crippen LogP contribution in [0.3, 0.4) is 0 Å². The van der Waals surface area contributed by atoms with Crippen LogP contribution in [0.1, 0.15) is 0 Å². The normalized spacial score (nSPS) is 44.2. The summed E-state index contributed by atoms with van der Waals surface area (Å²) in [5.74, 6) is -1.11. The van der Waals surface area contributed by atoms with Gasteiger partial charge in [-0.25, -0.2) is 9.79 Å². The van der Waals surface area contributed by atoms with Crippen molar-refractivity contribution < 1.29 is 34.8 Å². The molecule has 9 nitrogen and oxygen atoms in total. The summed E-state index contributed by atoms with van der Waals surface area (Å²) in [6.07, 6.45) is -5.07. The molecular weight excluding hydrogens is 248 g/mol. The van der Waals surface area contributed by atoms with Gasteiger partial charge < -0.3 is 25.2 Å². The summed E-state index contributed by atoms with van der Waals surface area (Å²) in [5.41, 5.74) is -2.38. The van der Waals surface area contributed by atoms with E-state index in [1.165, 1.54) is 0 Å². The van der Waals surface area contributed by atoms with Gasteiger partial charge in [0.05, 0.1) is 12.8 Å². The highest BCUT2D eigenvalue weighted by Gasteiger charge is 2.57. The van der Waals surface area contributed by atoms with Gasteiger partial charge in [0.2, 0.25) is 5.60 Å². The topological polar surface area (TPSA) is 149 Å². The smallest absolute Gasteiger partial charge is 0.347 e. The van der Waals surface area contributed by atoms with E-state index in [9.17, 15) is 24.9 Å². The second kappa shape index (κ2) is 4.37. The number of nitrogens with zero attached hydrogens (tertiary/aromatic N) is 1. The first-order valence-corrected chi connectivity index (χ1v) is 5.15. The number of aliphatic hydroxyl groups is 4. The van der Waals surface area contributed by atoms with Gasteiger partial charge in [-0.2, -0.15) is 0 Å². The number of urea groups is 1. The lowest BCUT2D eigenvalue weighted by atomic mass is 9.91. The Morgan fingerprint density at radius 1 is 1.39 bits per heavy atom. The summed E-state index contributed by atoms with van der Waals surface area (Å²) in [7, 11) is 0. The SMILES string of the molecule is O=C1N=CC(O)([C@@H]2O[C@H](CO)[C@@H](O)[C@H]2O)C(=O)N1. The number of carbonyl (C=O) groups is 2. The highest BCUT2D eigenvalue weighted by atomic mass is 16.6. The summed E-state index contributed by atoms with van der Waals surface area (Å²) in [5, 5.41) is 39.9. The molecule has 1 saturated heterocycles. The summed E-state index contributed by atoms with van der Waals surface area (Å²) < 4.78 is 5.02. The predicted octanol–water partition coefficient (Wildman–Crippen LogP) is -3.48. The molecule has 0 aliphatic carbocycles. The molecule has 2 heterocycles. The van der Waals surface area contributed by atoms with Crippen LogP contribution in [0.25, 0.3) is 0 Å². The molecule has 0 spiro atoms. The number of aliphatic imine (C=N–C) groups is 1. The van der Waals surface area contributed by atoms with Crippen LogP contribution in [0.4, 0.5) is 4.79 Å². The average molecular weight is 260 g/mol. The third kappa shape index (κ3) is 1.82. The first-order valence-electron chi connectivity index (χ1n) is 5.15. The first-order chi connectivity index (χ1) is 8.40. The van der Waals surface area contributed by atoms with Crippen molar-refractivity contribution in [3.63, 3.8) is 0 Å². The van der Waals surface area contributed by atoms with Gasteiger partial charge in [-0.1, -0.05) is 0 Å². The zero-order valence-electron chi connectivity index (χ0n) is 9.05. The fourth-order valence-electron chi connectivity index (χ4n) is 1.91. The molecule has 1 unspecified atom stereocenters. The molecule has 9 heteroatoms. The molecule has 0 aromatic heterocycles. The zero-order valence-corrected chi connectivity index (χ0v) is 9.05. The number of hydrogen-bond donors (Lipinski definition) is 5. The lowest BCUT2D eigenvalue weighted by Gasteiger charge is -2.31. The molecule has 2 rings (SSSR count). The molecular formula is C9H12N2O7. The number of hydrogen-bond acceptors (Lipinski definition) is 7. The van der Waals surface area contributed by atoms with Crippen LogP contribution in [-0.2, 0) is 9.53 Å². The quantitative estimate of drug-likeness (QED) is 0.346. The molecule has 0 saturated carbocycles. The average Bonchev–Trinajstić information content (AvgIpc) is 2.62. The van der Waals surface area contributed by atoms with Crippen LogP contribution < -0.4 is 5.32 Å². The van der Waals surface area contributed by atoms with Crippen LogP contribution in [0.2, 0.25) is 0 Å². The number of amides is 3. The van der Waals surface area contributed by atoms with E-state index in [2.05, 4.69) is 4.99 Å². The van der Waals surface area contributed by atoms with Crippen LogP contribution in [0.15, 0.2) is 4.99 Å². The van der Waals surface area contributed by atoms with Crippen molar-refractivity contribution in [3.05, 3.63) is 0 Å². The number of rotatable bonds is 2. The van der Waals surface area contributed by atoms with Crippen molar-refractivity contribution >= 4 is 18.2 Å². The zero-order chi connectivity index (χ0) is 13.5. The Morgan fingerprint density at radius 2 is 2.06 bits per heavy atom. The van der Waals surface area contributed by atoms with Crippen LogP contribution in [-0.4, -0.2) is 75.2 Å². The van der Waals surface area contributed by atoms with E-state index in [4.69, 9.17) is 9.84 Å². The van der Waals surface area contributed by atoms with Gasteiger partial charge in [0.1, 0.15) is 24.4 Å². The Balaban J connectivity index is 2.29. The maximum absolute atomic E-state index is 11.6. The molecule has 100 valence electrons. The second-order valence-corrected chi connectivity index (χ2v) is 4.10.